The highest BCUT2D eigenvalue weighted by atomic mass is 16.5. The number of carbonyl (C=O) groups is 2. The average molecular weight is 386 g/mol. The van der Waals surface area contributed by atoms with Crippen LogP contribution in [0.2, 0.25) is 0 Å². The molecule has 0 bridgehead atoms. The van der Waals surface area contributed by atoms with E-state index in [1.54, 1.807) is 7.05 Å². The lowest BCUT2D eigenvalue weighted by molar-refractivity contribution is 0.0765. The van der Waals surface area contributed by atoms with E-state index in [9.17, 15) is 14.7 Å². The Labute approximate surface area is 164 Å². The van der Waals surface area contributed by atoms with E-state index in [4.69, 9.17) is 4.74 Å². The number of ether oxygens (including phenoxy) is 1. The van der Waals surface area contributed by atoms with E-state index in [0.29, 0.717) is 19.1 Å². The second kappa shape index (κ2) is 8.43. The molecule has 0 saturated carbocycles. The second-order valence-corrected chi connectivity index (χ2v) is 7.26. The predicted octanol–water partition coefficient (Wildman–Crippen LogP) is 1.26. The van der Waals surface area contributed by atoms with Crippen LogP contribution >= 0.6 is 0 Å². The average Bonchev–Trinajstić information content (AvgIpc) is 3.04. The van der Waals surface area contributed by atoms with Crippen LogP contribution in [0.1, 0.15) is 46.3 Å². The summed E-state index contributed by atoms with van der Waals surface area (Å²) in [5.74, 6) is 0.566. The van der Waals surface area contributed by atoms with E-state index >= 15 is 0 Å². The highest BCUT2D eigenvalue weighted by Gasteiger charge is 2.25. The maximum atomic E-state index is 12.6. The van der Waals surface area contributed by atoms with Gasteiger partial charge >= 0.3 is 0 Å². The number of rotatable bonds is 6. The van der Waals surface area contributed by atoms with Gasteiger partial charge in [0.15, 0.2) is 5.69 Å². The first-order valence-corrected chi connectivity index (χ1v) is 9.37. The summed E-state index contributed by atoms with van der Waals surface area (Å²) in [5.41, 5.74) is 1.69. The summed E-state index contributed by atoms with van der Waals surface area (Å²) in [6.45, 7) is 5.33. The fourth-order valence-electron chi connectivity index (χ4n) is 2.95. The third kappa shape index (κ3) is 4.51. The molecule has 2 N–H and O–H groups in total. The number of hydrogen-bond donors (Lipinski definition) is 2. The summed E-state index contributed by atoms with van der Waals surface area (Å²) in [6.07, 6.45) is -0.735. The first-order valence-electron chi connectivity index (χ1n) is 9.37. The van der Waals surface area contributed by atoms with Gasteiger partial charge in [0.1, 0.15) is 18.1 Å². The molecule has 3 rings (SSSR count). The molecule has 1 aromatic carbocycles. The largest absolute Gasteiger partial charge is 0.492 e. The summed E-state index contributed by atoms with van der Waals surface area (Å²) in [4.78, 5) is 26.1. The van der Waals surface area contributed by atoms with Gasteiger partial charge in [-0.2, -0.15) is 5.10 Å². The molecule has 8 heteroatoms. The fraction of sp³-hybridized carbons (Fsp3) is 0.450. The zero-order valence-electron chi connectivity index (χ0n) is 16.4. The Balaban J connectivity index is 1.57. The Hall–Kier alpha value is -2.87. The molecule has 0 aliphatic carbocycles. The lowest BCUT2D eigenvalue weighted by atomic mass is 10.0. The van der Waals surface area contributed by atoms with Gasteiger partial charge in [-0.05, 0) is 23.6 Å². The number of hydrogen-bond acceptors (Lipinski definition) is 5. The second-order valence-electron chi connectivity index (χ2n) is 7.26. The standard InChI is InChI=1S/C20H26N4O4/c1-13(2)14-4-6-16(7-5-14)28-9-8-23(3)20(27)17-10-18-19(26)21-11-15(25)12-24(18)22-17/h4-7,10,13,15,25H,8-9,11-12H2,1-3H3,(H,21,26)/t15-/m1/s1. The number of likely N-dealkylation sites (N-methyl/N-ethyl adjacent to an activating group) is 1. The van der Waals surface area contributed by atoms with Crippen molar-refractivity contribution in [3.63, 3.8) is 0 Å². The number of nitrogens with one attached hydrogen (secondary N) is 1. The van der Waals surface area contributed by atoms with Crippen LogP contribution in [0, 0.1) is 0 Å². The number of aromatic nitrogens is 2. The smallest absolute Gasteiger partial charge is 0.274 e. The number of β-amino-alcohol motifs (C(OH)–C–C–N with tert-alkyl or cyclic N) is 1. The quantitative estimate of drug-likeness (QED) is 0.779. The summed E-state index contributed by atoms with van der Waals surface area (Å²) >= 11 is 0. The lowest BCUT2D eigenvalue weighted by Gasteiger charge is -2.16. The SMILES string of the molecule is CC(C)c1ccc(OCCN(C)C(=O)c2cc3n(n2)C[C@H](O)CNC3=O)cc1. The van der Waals surface area contributed by atoms with Crippen molar-refractivity contribution < 1.29 is 19.4 Å². The molecule has 150 valence electrons. The molecule has 0 radical (unpaired) electrons. The number of aliphatic hydroxyl groups excluding tert-OH is 1. The van der Waals surface area contributed by atoms with Gasteiger partial charge in [0.2, 0.25) is 0 Å². The van der Waals surface area contributed by atoms with Crippen molar-refractivity contribution in [1.29, 1.82) is 0 Å². The molecule has 2 amide bonds. The highest BCUT2D eigenvalue weighted by molar-refractivity contribution is 5.98. The molecular formula is C20H26N4O4. The summed E-state index contributed by atoms with van der Waals surface area (Å²) < 4.78 is 7.09. The Morgan fingerprint density at radius 1 is 1.39 bits per heavy atom. The maximum Gasteiger partial charge on any atom is 0.274 e. The zero-order valence-corrected chi connectivity index (χ0v) is 16.4. The molecule has 0 saturated heterocycles. The van der Waals surface area contributed by atoms with Crippen molar-refractivity contribution in [2.45, 2.75) is 32.4 Å². The molecular weight excluding hydrogens is 360 g/mol. The van der Waals surface area contributed by atoms with Crippen LogP contribution in [0.4, 0.5) is 0 Å². The topological polar surface area (TPSA) is 96.7 Å². The maximum absolute atomic E-state index is 12.6. The summed E-state index contributed by atoms with van der Waals surface area (Å²) in [6, 6.07) is 9.37. The van der Waals surface area contributed by atoms with Crippen molar-refractivity contribution in [2.75, 3.05) is 26.7 Å². The minimum atomic E-state index is -0.735. The van der Waals surface area contributed by atoms with Gasteiger partial charge < -0.3 is 20.1 Å². The number of aliphatic hydroxyl groups is 1. The number of benzene rings is 1. The van der Waals surface area contributed by atoms with Crippen molar-refractivity contribution in [3.8, 4) is 5.75 Å². The zero-order chi connectivity index (χ0) is 20.3. The third-order valence-corrected chi connectivity index (χ3v) is 4.70. The van der Waals surface area contributed by atoms with Crippen molar-refractivity contribution in [1.82, 2.24) is 20.0 Å². The van der Waals surface area contributed by atoms with Crippen LogP contribution in [0.25, 0.3) is 0 Å². The summed E-state index contributed by atoms with van der Waals surface area (Å²) in [7, 11) is 1.66. The van der Waals surface area contributed by atoms with E-state index in [1.165, 1.54) is 21.2 Å². The van der Waals surface area contributed by atoms with E-state index in [-0.39, 0.29) is 36.3 Å². The minimum absolute atomic E-state index is 0.167. The van der Waals surface area contributed by atoms with Crippen LogP contribution < -0.4 is 10.1 Å². The highest BCUT2D eigenvalue weighted by Crippen LogP contribution is 2.18. The number of carbonyl (C=O) groups excluding carboxylic acids is 2. The van der Waals surface area contributed by atoms with E-state index in [2.05, 4.69) is 24.3 Å². The summed E-state index contributed by atoms with van der Waals surface area (Å²) in [5, 5.41) is 16.6. The third-order valence-electron chi connectivity index (χ3n) is 4.70. The van der Waals surface area contributed by atoms with Gasteiger partial charge in [-0.25, -0.2) is 0 Å². The molecule has 8 nitrogen and oxygen atoms in total. The van der Waals surface area contributed by atoms with Gasteiger partial charge in [-0.1, -0.05) is 26.0 Å². The molecule has 1 atom stereocenters. The fourth-order valence-corrected chi connectivity index (χ4v) is 2.95. The molecule has 2 aromatic rings. The normalized spacial score (nSPS) is 16.3. The van der Waals surface area contributed by atoms with Gasteiger partial charge in [0.05, 0.1) is 19.2 Å². The Bertz CT molecular complexity index is 844. The van der Waals surface area contributed by atoms with E-state index in [0.717, 1.165) is 5.75 Å². The Kier molecular flexibility index (Phi) is 5.99. The van der Waals surface area contributed by atoms with Crippen LogP contribution in [-0.2, 0) is 6.54 Å². The van der Waals surface area contributed by atoms with Crippen molar-refractivity contribution >= 4 is 11.8 Å². The van der Waals surface area contributed by atoms with Crippen LogP contribution in [0.3, 0.4) is 0 Å². The van der Waals surface area contributed by atoms with Crippen molar-refractivity contribution in [3.05, 3.63) is 47.3 Å². The molecule has 28 heavy (non-hydrogen) atoms. The molecule has 0 spiro atoms. The molecule has 1 aliphatic rings. The van der Waals surface area contributed by atoms with Gasteiger partial charge in [-0.3, -0.25) is 14.3 Å². The number of nitrogens with zero attached hydrogens (tertiary/aromatic N) is 3. The van der Waals surface area contributed by atoms with Crippen molar-refractivity contribution in [2.24, 2.45) is 0 Å². The van der Waals surface area contributed by atoms with Crippen LogP contribution in [0.15, 0.2) is 30.3 Å². The van der Waals surface area contributed by atoms with E-state index < -0.39 is 6.10 Å². The van der Waals surface area contributed by atoms with Gasteiger partial charge in [-0.15, -0.1) is 0 Å². The molecule has 1 aliphatic heterocycles. The van der Waals surface area contributed by atoms with Crippen LogP contribution in [0.5, 0.6) is 5.75 Å². The molecule has 2 heterocycles. The predicted molar refractivity (Wildman–Crippen MR) is 104 cm³/mol. The molecule has 0 unspecified atom stereocenters. The Morgan fingerprint density at radius 3 is 2.79 bits per heavy atom. The number of amides is 2. The molecule has 0 fully saturated rings. The lowest BCUT2D eigenvalue weighted by Crippen LogP contribution is -2.32. The first-order chi connectivity index (χ1) is 13.3. The number of fused-ring (bicyclic) bond motifs is 1. The van der Waals surface area contributed by atoms with Gasteiger partial charge in [0.25, 0.3) is 11.8 Å². The van der Waals surface area contributed by atoms with Gasteiger partial charge in [0, 0.05) is 19.7 Å². The molecule has 1 aromatic heterocycles. The van der Waals surface area contributed by atoms with E-state index in [1.807, 2.05) is 24.3 Å². The Morgan fingerprint density at radius 2 is 2.11 bits per heavy atom. The minimum Gasteiger partial charge on any atom is -0.492 e. The monoisotopic (exact) mass is 386 g/mol. The van der Waals surface area contributed by atoms with Crippen LogP contribution in [-0.4, -0.2) is 64.4 Å². The first kappa shape index (κ1) is 19.9.